The number of piperazine rings is 1. The minimum Gasteiger partial charge on any atom is -0.298 e. The quantitative estimate of drug-likeness (QED) is 0.716. The van der Waals surface area contributed by atoms with Gasteiger partial charge in [-0.05, 0) is 17.7 Å². The molecule has 1 fully saturated rings. The van der Waals surface area contributed by atoms with Crippen LogP contribution in [-0.2, 0) is 17.8 Å². The molecule has 1 aliphatic heterocycles. The fraction of sp³-hybridized carbons (Fsp3) is 0.350. The summed E-state index contributed by atoms with van der Waals surface area (Å²) in [5, 5.41) is 0. The number of benzene rings is 2. The summed E-state index contributed by atoms with van der Waals surface area (Å²) < 4.78 is 27.3. The molecule has 0 radical (unpaired) electrons. The molecule has 2 aromatic rings. The molecule has 1 heterocycles. The molecule has 1 aliphatic rings. The number of hydrogen-bond donors (Lipinski definition) is 0. The molecule has 0 unspecified atom stereocenters. The van der Waals surface area contributed by atoms with Gasteiger partial charge in [0.25, 0.3) is 0 Å². The van der Waals surface area contributed by atoms with E-state index in [-0.39, 0.29) is 48.7 Å². The molecule has 0 amide bonds. The van der Waals surface area contributed by atoms with E-state index in [9.17, 15) is 13.6 Å². The fourth-order valence-corrected chi connectivity index (χ4v) is 3.13. The lowest BCUT2D eigenvalue weighted by atomic mass is 10.1. The molecule has 0 spiro atoms. The SMILES string of the molecule is Cl.Cl.O=C(Cc1ccccc1F)CN1CCN(Cc2ccccc2F)CC1. The third-order valence-electron chi connectivity index (χ3n) is 4.56. The van der Waals surface area contributed by atoms with Crippen LogP contribution >= 0.6 is 24.8 Å². The molecule has 0 N–H and O–H groups in total. The van der Waals surface area contributed by atoms with Gasteiger partial charge >= 0.3 is 0 Å². The Kier molecular flexibility index (Phi) is 9.88. The number of rotatable bonds is 6. The zero-order valence-corrected chi connectivity index (χ0v) is 16.6. The number of ketones is 1. The highest BCUT2D eigenvalue weighted by Crippen LogP contribution is 2.13. The highest BCUT2D eigenvalue weighted by Gasteiger charge is 2.20. The number of nitrogens with zero attached hydrogens (tertiary/aromatic N) is 2. The highest BCUT2D eigenvalue weighted by molar-refractivity contribution is 5.85. The van der Waals surface area contributed by atoms with Crippen molar-refractivity contribution in [2.75, 3.05) is 32.7 Å². The normalized spacial score (nSPS) is 14.9. The van der Waals surface area contributed by atoms with Gasteiger partial charge < -0.3 is 0 Å². The molecule has 2 aromatic carbocycles. The van der Waals surface area contributed by atoms with Crippen molar-refractivity contribution in [3.8, 4) is 0 Å². The molecule has 27 heavy (non-hydrogen) atoms. The zero-order chi connectivity index (χ0) is 17.6. The third kappa shape index (κ3) is 6.85. The second-order valence-corrected chi connectivity index (χ2v) is 6.45. The fourth-order valence-electron chi connectivity index (χ4n) is 3.13. The predicted octanol–water partition coefficient (Wildman–Crippen LogP) is 3.74. The van der Waals surface area contributed by atoms with Gasteiger partial charge in [-0.2, -0.15) is 0 Å². The first-order chi connectivity index (χ1) is 12.1. The summed E-state index contributed by atoms with van der Waals surface area (Å²) in [6.45, 7) is 4.03. The smallest absolute Gasteiger partial charge is 0.151 e. The maximum Gasteiger partial charge on any atom is 0.151 e. The molecule has 7 heteroatoms. The Bertz CT molecular complexity index is 737. The van der Waals surface area contributed by atoms with Crippen molar-refractivity contribution < 1.29 is 13.6 Å². The Morgan fingerprint density at radius 1 is 0.778 bits per heavy atom. The van der Waals surface area contributed by atoms with Crippen LogP contribution in [0.5, 0.6) is 0 Å². The van der Waals surface area contributed by atoms with Crippen LogP contribution in [0.4, 0.5) is 8.78 Å². The van der Waals surface area contributed by atoms with Crippen LogP contribution < -0.4 is 0 Å². The summed E-state index contributed by atoms with van der Waals surface area (Å²) in [4.78, 5) is 16.5. The number of hydrogen-bond acceptors (Lipinski definition) is 3. The number of carbonyl (C=O) groups is 1. The summed E-state index contributed by atoms with van der Waals surface area (Å²) in [6.07, 6.45) is 0.127. The van der Waals surface area contributed by atoms with Gasteiger partial charge in [-0.3, -0.25) is 14.6 Å². The number of carbonyl (C=O) groups excluding carboxylic acids is 1. The van der Waals surface area contributed by atoms with Crippen molar-refractivity contribution >= 4 is 30.6 Å². The van der Waals surface area contributed by atoms with E-state index in [1.165, 1.54) is 12.1 Å². The third-order valence-corrected chi connectivity index (χ3v) is 4.56. The summed E-state index contributed by atoms with van der Waals surface area (Å²) in [5.74, 6) is -0.483. The van der Waals surface area contributed by atoms with Crippen LogP contribution in [0, 0.1) is 11.6 Å². The monoisotopic (exact) mass is 416 g/mol. The van der Waals surface area contributed by atoms with E-state index in [0.717, 1.165) is 26.2 Å². The molecule has 0 atom stereocenters. The van der Waals surface area contributed by atoms with Crippen LogP contribution in [0.3, 0.4) is 0 Å². The van der Waals surface area contributed by atoms with E-state index < -0.39 is 0 Å². The molecule has 148 valence electrons. The first-order valence-electron chi connectivity index (χ1n) is 8.55. The topological polar surface area (TPSA) is 23.6 Å². The van der Waals surface area contributed by atoms with Gasteiger partial charge in [-0.25, -0.2) is 8.78 Å². The zero-order valence-electron chi connectivity index (χ0n) is 14.9. The van der Waals surface area contributed by atoms with Crippen LogP contribution in [0.2, 0.25) is 0 Å². The molecule has 0 aliphatic carbocycles. The maximum absolute atomic E-state index is 13.7. The average molecular weight is 417 g/mol. The van der Waals surface area contributed by atoms with Gasteiger partial charge in [0, 0.05) is 44.7 Å². The average Bonchev–Trinajstić information content (AvgIpc) is 2.61. The summed E-state index contributed by atoms with van der Waals surface area (Å²) >= 11 is 0. The summed E-state index contributed by atoms with van der Waals surface area (Å²) in [5.41, 5.74) is 1.15. The first kappa shape index (κ1) is 23.5. The van der Waals surface area contributed by atoms with Crippen LogP contribution in [-0.4, -0.2) is 48.3 Å². The predicted molar refractivity (Wildman–Crippen MR) is 108 cm³/mol. The lowest BCUT2D eigenvalue weighted by Gasteiger charge is -2.34. The van der Waals surface area contributed by atoms with Crippen molar-refractivity contribution in [3.63, 3.8) is 0 Å². The van der Waals surface area contributed by atoms with Crippen LogP contribution in [0.1, 0.15) is 11.1 Å². The van der Waals surface area contributed by atoms with E-state index in [4.69, 9.17) is 0 Å². The first-order valence-corrected chi connectivity index (χ1v) is 8.55. The Labute approximate surface area is 171 Å². The van der Waals surface area contributed by atoms with E-state index in [1.807, 2.05) is 6.07 Å². The Hall–Kier alpha value is -1.53. The Balaban J connectivity index is 0.00000182. The Morgan fingerprint density at radius 2 is 1.26 bits per heavy atom. The molecule has 3 rings (SSSR count). The van der Waals surface area contributed by atoms with E-state index in [1.54, 1.807) is 30.3 Å². The van der Waals surface area contributed by atoms with E-state index >= 15 is 0 Å². The highest BCUT2D eigenvalue weighted by atomic mass is 35.5. The summed E-state index contributed by atoms with van der Waals surface area (Å²) in [7, 11) is 0. The number of halogens is 4. The molecule has 3 nitrogen and oxygen atoms in total. The van der Waals surface area contributed by atoms with Crippen LogP contribution in [0.25, 0.3) is 0 Å². The van der Waals surface area contributed by atoms with Gasteiger partial charge in [-0.1, -0.05) is 36.4 Å². The van der Waals surface area contributed by atoms with Crippen molar-refractivity contribution in [3.05, 3.63) is 71.3 Å². The minimum absolute atomic E-state index is 0. The summed E-state index contributed by atoms with van der Waals surface area (Å²) in [6, 6.07) is 13.2. The van der Waals surface area contributed by atoms with Gasteiger partial charge in [0.15, 0.2) is 5.78 Å². The second kappa shape index (κ2) is 11.3. The molecule has 0 aromatic heterocycles. The molecular weight excluding hydrogens is 393 g/mol. The Morgan fingerprint density at radius 3 is 1.81 bits per heavy atom. The molecule has 0 saturated carbocycles. The maximum atomic E-state index is 13.7. The lowest BCUT2D eigenvalue weighted by molar-refractivity contribution is -0.120. The molecular formula is C20H24Cl2F2N2O. The number of Topliss-reactive ketones (excluding diaryl/α,β-unsaturated/α-hetero) is 1. The van der Waals surface area contributed by atoms with Crippen molar-refractivity contribution in [1.29, 1.82) is 0 Å². The largest absolute Gasteiger partial charge is 0.298 e. The van der Waals surface area contributed by atoms with Gasteiger partial charge in [-0.15, -0.1) is 24.8 Å². The molecule has 1 saturated heterocycles. The second-order valence-electron chi connectivity index (χ2n) is 6.45. The van der Waals surface area contributed by atoms with Gasteiger partial charge in [0.2, 0.25) is 0 Å². The van der Waals surface area contributed by atoms with Crippen molar-refractivity contribution in [2.24, 2.45) is 0 Å². The van der Waals surface area contributed by atoms with Crippen molar-refractivity contribution in [1.82, 2.24) is 9.80 Å². The van der Waals surface area contributed by atoms with E-state index in [0.29, 0.717) is 24.2 Å². The van der Waals surface area contributed by atoms with Crippen LogP contribution in [0.15, 0.2) is 48.5 Å². The van der Waals surface area contributed by atoms with Crippen molar-refractivity contribution in [2.45, 2.75) is 13.0 Å². The van der Waals surface area contributed by atoms with Gasteiger partial charge in [0.1, 0.15) is 11.6 Å². The van der Waals surface area contributed by atoms with Gasteiger partial charge in [0.05, 0.1) is 6.54 Å². The molecule has 0 bridgehead atoms. The lowest BCUT2D eigenvalue weighted by Crippen LogP contribution is -2.47. The minimum atomic E-state index is -0.328. The van der Waals surface area contributed by atoms with E-state index in [2.05, 4.69) is 9.80 Å². The standard InChI is InChI=1S/C20H22F2N2O.2ClH/c21-19-7-3-1-5-16(19)13-18(25)15-24-11-9-23(10-12-24)14-17-6-2-4-8-20(17)22;;/h1-8H,9-15H2;2*1H.